The zero-order chi connectivity index (χ0) is 15.9. The summed E-state index contributed by atoms with van der Waals surface area (Å²) in [5, 5.41) is 0. The van der Waals surface area contributed by atoms with Crippen molar-refractivity contribution in [2.45, 2.75) is 12.7 Å². The lowest BCUT2D eigenvalue weighted by Gasteiger charge is -2.17. The van der Waals surface area contributed by atoms with Crippen LogP contribution >= 0.6 is 0 Å². The second-order valence-electron chi connectivity index (χ2n) is 4.94. The van der Waals surface area contributed by atoms with Gasteiger partial charge in [0.1, 0.15) is 0 Å². The highest BCUT2D eigenvalue weighted by Gasteiger charge is 2.39. The number of halogens is 3. The molecule has 0 N–H and O–H groups in total. The van der Waals surface area contributed by atoms with Crippen molar-refractivity contribution in [2.75, 3.05) is 4.90 Å². The van der Waals surface area contributed by atoms with Crippen LogP contribution in [0.3, 0.4) is 0 Å². The van der Waals surface area contributed by atoms with Gasteiger partial charge in [-0.3, -0.25) is 9.59 Å². The molecule has 0 bridgehead atoms. The number of rotatable bonds is 2. The molecule has 0 radical (unpaired) electrons. The van der Waals surface area contributed by atoms with Crippen LogP contribution in [0.15, 0.2) is 48.5 Å². The highest BCUT2D eigenvalue weighted by molar-refractivity contribution is 6.52. The van der Waals surface area contributed by atoms with E-state index in [2.05, 4.69) is 0 Å². The Labute approximate surface area is 124 Å². The number of benzene rings is 2. The SMILES string of the molecule is O=C1C(=O)N(Cc2ccccc2)c2ccc(C(F)(F)F)cc21. The average Bonchev–Trinajstić information content (AvgIpc) is 2.72. The van der Waals surface area contributed by atoms with Crippen molar-refractivity contribution >= 4 is 17.4 Å². The third kappa shape index (κ3) is 2.36. The fourth-order valence-electron chi connectivity index (χ4n) is 2.40. The lowest BCUT2D eigenvalue weighted by Crippen LogP contribution is -2.29. The van der Waals surface area contributed by atoms with Gasteiger partial charge in [0, 0.05) is 0 Å². The maximum Gasteiger partial charge on any atom is 0.416 e. The minimum Gasteiger partial charge on any atom is -0.300 e. The predicted molar refractivity (Wildman–Crippen MR) is 73.4 cm³/mol. The molecule has 112 valence electrons. The van der Waals surface area contributed by atoms with Crippen LogP contribution in [0.5, 0.6) is 0 Å². The van der Waals surface area contributed by atoms with Crippen LogP contribution in [0.25, 0.3) is 0 Å². The molecule has 0 aliphatic carbocycles. The molecule has 1 amide bonds. The molecule has 1 aliphatic heterocycles. The molecule has 0 saturated heterocycles. The minimum atomic E-state index is -4.55. The third-order valence-electron chi connectivity index (χ3n) is 3.48. The Balaban J connectivity index is 2.00. The Morgan fingerprint density at radius 2 is 1.64 bits per heavy atom. The van der Waals surface area contributed by atoms with Gasteiger partial charge in [-0.15, -0.1) is 0 Å². The van der Waals surface area contributed by atoms with E-state index in [0.717, 1.165) is 17.7 Å². The van der Waals surface area contributed by atoms with Gasteiger partial charge in [0.05, 0.1) is 23.4 Å². The second-order valence-corrected chi connectivity index (χ2v) is 4.94. The Morgan fingerprint density at radius 1 is 0.955 bits per heavy atom. The van der Waals surface area contributed by atoms with Crippen LogP contribution in [-0.2, 0) is 17.5 Å². The van der Waals surface area contributed by atoms with Gasteiger partial charge in [-0.25, -0.2) is 0 Å². The van der Waals surface area contributed by atoms with Crippen LogP contribution in [0.1, 0.15) is 21.5 Å². The minimum absolute atomic E-state index is 0.143. The molecule has 22 heavy (non-hydrogen) atoms. The summed E-state index contributed by atoms with van der Waals surface area (Å²) < 4.78 is 38.1. The molecule has 1 aliphatic rings. The Hall–Kier alpha value is -2.63. The van der Waals surface area contributed by atoms with Gasteiger partial charge in [-0.05, 0) is 23.8 Å². The quantitative estimate of drug-likeness (QED) is 0.797. The van der Waals surface area contributed by atoms with E-state index in [4.69, 9.17) is 0 Å². The predicted octanol–water partition coefficient (Wildman–Crippen LogP) is 3.43. The number of nitrogens with zero attached hydrogens (tertiary/aromatic N) is 1. The van der Waals surface area contributed by atoms with E-state index >= 15 is 0 Å². The summed E-state index contributed by atoms with van der Waals surface area (Å²) in [6, 6.07) is 11.7. The normalized spacial score (nSPS) is 14.4. The van der Waals surface area contributed by atoms with E-state index in [0.29, 0.717) is 0 Å². The summed E-state index contributed by atoms with van der Waals surface area (Å²) in [6.45, 7) is 0.143. The number of carbonyl (C=O) groups is 2. The molecule has 3 rings (SSSR count). The molecule has 6 heteroatoms. The monoisotopic (exact) mass is 305 g/mol. The molecule has 2 aromatic rings. The van der Waals surface area contributed by atoms with Crippen LogP contribution < -0.4 is 4.90 Å². The number of amides is 1. The highest BCUT2D eigenvalue weighted by atomic mass is 19.4. The molecule has 0 fully saturated rings. The van der Waals surface area contributed by atoms with E-state index in [-0.39, 0.29) is 17.8 Å². The van der Waals surface area contributed by atoms with Crippen molar-refractivity contribution in [3.63, 3.8) is 0 Å². The molecule has 2 aromatic carbocycles. The zero-order valence-corrected chi connectivity index (χ0v) is 11.2. The molecule has 0 saturated carbocycles. The molecule has 0 aromatic heterocycles. The van der Waals surface area contributed by atoms with Crippen LogP contribution in [0, 0.1) is 0 Å². The van der Waals surface area contributed by atoms with E-state index in [1.807, 2.05) is 6.07 Å². The van der Waals surface area contributed by atoms with Crippen LogP contribution in [0.4, 0.5) is 18.9 Å². The zero-order valence-electron chi connectivity index (χ0n) is 11.2. The third-order valence-corrected chi connectivity index (χ3v) is 3.48. The number of Topliss-reactive ketones (excluding diaryl/α,β-unsaturated/α-hetero) is 1. The van der Waals surface area contributed by atoms with E-state index < -0.39 is 23.4 Å². The van der Waals surface area contributed by atoms with Crippen molar-refractivity contribution in [3.05, 3.63) is 65.2 Å². The fourth-order valence-corrected chi connectivity index (χ4v) is 2.40. The van der Waals surface area contributed by atoms with Crippen molar-refractivity contribution in [2.24, 2.45) is 0 Å². The van der Waals surface area contributed by atoms with Crippen molar-refractivity contribution in [1.82, 2.24) is 0 Å². The first-order valence-electron chi connectivity index (χ1n) is 6.49. The number of carbonyl (C=O) groups excluding carboxylic acids is 2. The fraction of sp³-hybridized carbons (Fsp3) is 0.125. The van der Waals surface area contributed by atoms with Gasteiger partial charge < -0.3 is 4.90 Å². The summed E-state index contributed by atoms with van der Waals surface area (Å²) in [5.41, 5.74) is -0.132. The van der Waals surface area contributed by atoms with Crippen molar-refractivity contribution < 1.29 is 22.8 Å². The van der Waals surface area contributed by atoms with E-state index in [1.165, 1.54) is 11.0 Å². The Morgan fingerprint density at radius 3 is 2.27 bits per heavy atom. The number of hydrogen-bond donors (Lipinski definition) is 0. The first-order valence-corrected chi connectivity index (χ1v) is 6.49. The van der Waals surface area contributed by atoms with Crippen LogP contribution in [0.2, 0.25) is 0 Å². The summed E-state index contributed by atoms with van der Waals surface area (Å²) >= 11 is 0. The summed E-state index contributed by atoms with van der Waals surface area (Å²) in [7, 11) is 0. The highest BCUT2D eigenvalue weighted by Crippen LogP contribution is 2.36. The molecular weight excluding hydrogens is 295 g/mol. The van der Waals surface area contributed by atoms with Gasteiger partial charge in [0.15, 0.2) is 0 Å². The van der Waals surface area contributed by atoms with Crippen molar-refractivity contribution in [1.29, 1.82) is 0 Å². The Bertz CT molecular complexity index is 754. The van der Waals surface area contributed by atoms with Gasteiger partial charge in [-0.2, -0.15) is 13.2 Å². The standard InChI is InChI=1S/C16H10F3NO2/c17-16(18,19)11-6-7-13-12(8-11)14(21)15(22)20(13)9-10-4-2-1-3-5-10/h1-8H,9H2. The summed E-state index contributed by atoms with van der Waals surface area (Å²) in [4.78, 5) is 25.1. The maximum absolute atomic E-state index is 12.7. The van der Waals surface area contributed by atoms with Gasteiger partial charge in [0.25, 0.3) is 11.7 Å². The number of anilines is 1. The van der Waals surface area contributed by atoms with Crippen LogP contribution in [-0.4, -0.2) is 11.7 Å². The summed E-state index contributed by atoms with van der Waals surface area (Å²) in [5.74, 6) is -1.71. The second kappa shape index (κ2) is 4.98. The molecular formula is C16H10F3NO2. The number of alkyl halides is 3. The van der Waals surface area contributed by atoms with Gasteiger partial charge in [0.2, 0.25) is 0 Å². The number of hydrogen-bond acceptors (Lipinski definition) is 2. The lowest BCUT2D eigenvalue weighted by atomic mass is 10.1. The smallest absolute Gasteiger partial charge is 0.300 e. The molecule has 3 nitrogen and oxygen atoms in total. The lowest BCUT2D eigenvalue weighted by molar-refractivity contribution is -0.137. The Kier molecular flexibility index (Phi) is 3.24. The average molecular weight is 305 g/mol. The first-order chi connectivity index (χ1) is 10.4. The van der Waals surface area contributed by atoms with E-state index in [1.54, 1.807) is 24.3 Å². The van der Waals surface area contributed by atoms with Gasteiger partial charge >= 0.3 is 6.18 Å². The molecule has 0 atom stereocenters. The number of ketones is 1. The summed E-state index contributed by atoms with van der Waals surface area (Å²) in [6.07, 6.45) is -4.55. The maximum atomic E-state index is 12.7. The van der Waals surface area contributed by atoms with E-state index in [9.17, 15) is 22.8 Å². The van der Waals surface area contributed by atoms with Gasteiger partial charge in [-0.1, -0.05) is 30.3 Å². The van der Waals surface area contributed by atoms with Crippen molar-refractivity contribution in [3.8, 4) is 0 Å². The first kappa shape index (κ1) is 14.3. The topological polar surface area (TPSA) is 37.4 Å². The molecule has 0 unspecified atom stereocenters. The molecule has 1 heterocycles. The largest absolute Gasteiger partial charge is 0.416 e. The number of fused-ring (bicyclic) bond motifs is 1. The molecule has 0 spiro atoms.